The van der Waals surface area contributed by atoms with Gasteiger partial charge in [0.15, 0.2) is 5.82 Å². The molecule has 1 aromatic carbocycles. The number of nitrogens with one attached hydrogen (secondary N) is 1. The van der Waals surface area contributed by atoms with Gasteiger partial charge in [0.05, 0.1) is 19.2 Å². The molecule has 1 N–H and O–H groups in total. The summed E-state index contributed by atoms with van der Waals surface area (Å²) in [6.07, 6.45) is 0. The van der Waals surface area contributed by atoms with E-state index in [0.29, 0.717) is 19.0 Å². The van der Waals surface area contributed by atoms with E-state index in [1.807, 2.05) is 6.92 Å². The molecule has 0 bridgehead atoms. The number of halogens is 2. The Morgan fingerprint density at radius 1 is 1.38 bits per heavy atom. The van der Waals surface area contributed by atoms with Crippen LogP contribution in [0, 0.1) is 11.6 Å². The molecule has 6 nitrogen and oxygen atoms in total. The molecule has 21 heavy (non-hydrogen) atoms. The van der Waals surface area contributed by atoms with Gasteiger partial charge in [-0.25, -0.2) is 13.5 Å². The van der Waals surface area contributed by atoms with Crippen LogP contribution in [0.5, 0.6) is 0 Å². The van der Waals surface area contributed by atoms with Crippen molar-refractivity contribution >= 4 is 0 Å². The zero-order chi connectivity index (χ0) is 15.2. The second-order valence-electron chi connectivity index (χ2n) is 4.60. The first-order valence-electron chi connectivity index (χ1n) is 6.54. The summed E-state index contributed by atoms with van der Waals surface area (Å²) in [5.74, 6) is -0.431. The van der Waals surface area contributed by atoms with Gasteiger partial charge in [0.25, 0.3) is 0 Å². The SMILES string of the molecule is COCCNC(C)c1nnnn1Cc1cc(F)ccc1F. The van der Waals surface area contributed by atoms with Crippen LogP contribution in [0.1, 0.15) is 24.4 Å². The summed E-state index contributed by atoms with van der Waals surface area (Å²) in [5.41, 5.74) is 0.202. The number of hydrogen-bond donors (Lipinski definition) is 1. The molecule has 0 aliphatic carbocycles. The van der Waals surface area contributed by atoms with Crippen molar-refractivity contribution in [2.45, 2.75) is 19.5 Å². The zero-order valence-electron chi connectivity index (χ0n) is 11.9. The Labute approximate surface area is 121 Å². The molecule has 0 spiro atoms. The number of aromatic nitrogens is 4. The molecule has 0 radical (unpaired) electrons. The van der Waals surface area contributed by atoms with Crippen LogP contribution in [0.25, 0.3) is 0 Å². The highest BCUT2D eigenvalue weighted by molar-refractivity contribution is 5.19. The first-order valence-corrected chi connectivity index (χ1v) is 6.54. The minimum absolute atomic E-state index is 0.0717. The van der Waals surface area contributed by atoms with Crippen molar-refractivity contribution < 1.29 is 13.5 Å². The van der Waals surface area contributed by atoms with Crippen LogP contribution >= 0.6 is 0 Å². The fourth-order valence-corrected chi connectivity index (χ4v) is 1.93. The Bertz CT molecular complexity index is 590. The van der Waals surface area contributed by atoms with E-state index >= 15 is 0 Å². The zero-order valence-corrected chi connectivity index (χ0v) is 11.9. The molecule has 8 heteroatoms. The summed E-state index contributed by atoms with van der Waals surface area (Å²) in [6, 6.07) is 3.18. The van der Waals surface area contributed by atoms with Crippen LogP contribution in [0.2, 0.25) is 0 Å². The Morgan fingerprint density at radius 3 is 2.95 bits per heavy atom. The van der Waals surface area contributed by atoms with Crippen molar-refractivity contribution in [2.75, 3.05) is 20.3 Å². The lowest BCUT2D eigenvalue weighted by Crippen LogP contribution is -2.26. The fourth-order valence-electron chi connectivity index (χ4n) is 1.93. The summed E-state index contributed by atoms with van der Waals surface area (Å²) in [7, 11) is 1.61. The van der Waals surface area contributed by atoms with Crippen LogP contribution in [0.3, 0.4) is 0 Å². The molecule has 1 heterocycles. The summed E-state index contributed by atoms with van der Waals surface area (Å²) < 4.78 is 33.2. The largest absolute Gasteiger partial charge is 0.383 e. The van der Waals surface area contributed by atoms with Crippen molar-refractivity contribution in [3.8, 4) is 0 Å². The Kier molecular flexibility index (Phi) is 5.29. The van der Waals surface area contributed by atoms with Gasteiger partial charge >= 0.3 is 0 Å². The molecule has 2 rings (SSSR count). The second-order valence-corrected chi connectivity index (χ2v) is 4.60. The van der Waals surface area contributed by atoms with Crippen LogP contribution in [-0.4, -0.2) is 40.5 Å². The highest BCUT2D eigenvalue weighted by atomic mass is 19.1. The highest BCUT2D eigenvalue weighted by Crippen LogP contribution is 2.14. The van der Waals surface area contributed by atoms with Crippen LogP contribution in [0.4, 0.5) is 8.78 Å². The Morgan fingerprint density at radius 2 is 2.19 bits per heavy atom. The van der Waals surface area contributed by atoms with Crippen molar-refractivity contribution in [3.05, 3.63) is 41.2 Å². The molecule has 0 aliphatic heterocycles. The molecule has 0 aliphatic rings. The standard InChI is InChI=1S/C13H17F2N5O/c1-9(16-5-6-21-2)13-17-18-19-20(13)8-10-7-11(14)3-4-12(10)15/h3-4,7,9,16H,5-6,8H2,1-2H3. The summed E-state index contributed by atoms with van der Waals surface area (Å²) in [4.78, 5) is 0. The number of methoxy groups -OCH3 is 1. The van der Waals surface area contributed by atoms with E-state index in [2.05, 4.69) is 20.8 Å². The molecule has 1 aromatic heterocycles. The van der Waals surface area contributed by atoms with Gasteiger partial charge < -0.3 is 10.1 Å². The molecular formula is C13H17F2N5O. The number of ether oxygens (including phenoxy) is 1. The van der Waals surface area contributed by atoms with E-state index in [-0.39, 0.29) is 18.2 Å². The Balaban J connectivity index is 2.11. The van der Waals surface area contributed by atoms with Gasteiger partial charge in [0.2, 0.25) is 0 Å². The lowest BCUT2D eigenvalue weighted by Gasteiger charge is -2.13. The third-order valence-corrected chi connectivity index (χ3v) is 3.03. The predicted molar refractivity (Wildman–Crippen MR) is 71.6 cm³/mol. The van der Waals surface area contributed by atoms with Gasteiger partial charge in [0.1, 0.15) is 11.6 Å². The number of rotatable bonds is 7. The quantitative estimate of drug-likeness (QED) is 0.780. The van der Waals surface area contributed by atoms with Crippen molar-refractivity contribution in [1.29, 1.82) is 0 Å². The van der Waals surface area contributed by atoms with E-state index in [0.717, 1.165) is 18.2 Å². The maximum absolute atomic E-state index is 13.7. The van der Waals surface area contributed by atoms with Gasteiger partial charge in [-0.2, -0.15) is 0 Å². The summed E-state index contributed by atoms with van der Waals surface area (Å²) >= 11 is 0. The molecule has 0 fully saturated rings. The van der Waals surface area contributed by atoms with E-state index in [1.165, 1.54) is 4.68 Å². The van der Waals surface area contributed by atoms with Crippen molar-refractivity contribution in [2.24, 2.45) is 0 Å². The molecule has 1 atom stereocenters. The van der Waals surface area contributed by atoms with Crippen LogP contribution in [-0.2, 0) is 11.3 Å². The topological polar surface area (TPSA) is 64.9 Å². The van der Waals surface area contributed by atoms with Gasteiger partial charge in [0, 0.05) is 19.2 Å². The van der Waals surface area contributed by atoms with E-state index < -0.39 is 11.6 Å². The maximum Gasteiger partial charge on any atom is 0.168 e. The third-order valence-electron chi connectivity index (χ3n) is 3.03. The lowest BCUT2D eigenvalue weighted by molar-refractivity contribution is 0.196. The average molecular weight is 297 g/mol. The molecule has 114 valence electrons. The number of benzene rings is 1. The average Bonchev–Trinajstić information content (AvgIpc) is 2.91. The van der Waals surface area contributed by atoms with Gasteiger partial charge in [-0.1, -0.05) is 0 Å². The van der Waals surface area contributed by atoms with Gasteiger partial charge in [-0.15, -0.1) is 5.10 Å². The molecule has 2 aromatic rings. The van der Waals surface area contributed by atoms with Crippen LogP contribution < -0.4 is 5.32 Å². The minimum Gasteiger partial charge on any atom is -0.383 e. The first-order chi connectivity index (χ1) is 10.1. The van der Waals surface area contributed by atoms with E-state index in [9.17, 15) is 8.78 Å². The second kappa shape index (κ2) is 7.19. The molecule has 1 unspecified atom stereocenters. The van der Waals surface area contributed by atoms with Crippen molar-refractivity contribution in [3.63, 3.8) is 0 Å². The fraction of sp³-hybridized carbons (Fsp3) is 0.462. The van der Waals surface area contributed by atoms with E-state index in [1.54, 1.807) is 7.11 Å². The van der Waals surface area contributed by atoms with Gasteiger partial charge in [-0.05, 0) is 35.5 Å². The van der Waals surface area contributed by atoms with Gasteiger partial charge in [-0.3, -0.25) is 0 Å². The maximum atomic E-state index is 13.7. The van der Waals surface area contributed by atoms with Crippen molar-refractivity contribution in [1.82, 2.24) is 25.5 Å². The van der Waals surface area contributed by atoms with E-state index in [4.69, 9.17) is 4.74 Å². The number of nitrogens with zero attached hydrogens (tertiary/aromatic N) is 4. The minimum atomic E-state index is -0.493. The first kappa shape index (κ1) is 15.5. The smallest absolute Gasteiger partial charge is 0.168 e. The normalized spacial score (nSPS) is 12.6. The highest BCUT2D eigenvalue weighted by Gasteiger charge is 2.15. The molecular weight excluding hydrogens is 280 g/mol. The third kappa shape index (κ3) is 4.02. The monoisotopic (exact) mass is 297 g/mol. The number of hydrogen-bond acceptors (Lipinski definition) is 5. The summed E-state index contributed by atoms with van der Waals surface area (Å²) in [6.45, 7) is 3.16. The molecule has 0 saturated carbocycles. The predicted octanol–water partition coefficient (Wildman–Crippen LogP) is 1.30. The Hall–Kier alpha value is -1.93. The number of tetrazole rings is 1. The molecule has 0 amide bonds. The summed E-state index contributed by atoms with van der Waals surface area (Å²) in [5, 5.41) is 14.5. The van der Waals surface area contributed by atoms with Crippen LogP contribution in [0.15, 0.2) is 18.2 Å². The lowest BCUT2D eigenvalue weighted by atomic mass is 10.2. The molecule has 0 saturated heterocycles.